The molecule has 5 N–H and O–H groups in total. The van der Waals surface area contributed by atoms with E-state index in [4.69, 9.17) is 11.5 Å². The Morgan fingerprint density at radius 3 is 2.83 bits per heavy atom. The predicted molar refractivity (Wildman–Crippen MR) is 93.3 cm³/mol. The lowest BCUT2D eigenvalue weighted by atomic mass is 9.95. The van der Waals surface area contributed by atoms with Crippen LogP contribution in [0.25, 0.3) is 0 Å². The van der Waals surface area contributed by atoms with Gasteiger partial charge >= 0.3 is 0 Å². The second-order valence-corrected chi connectivity index (χ2v) is 6.09. The fourth-order valence-corrected chi connectivity index (χ4v) is 3.06. The molecule has 1 unspecified atom stereocenters. The van der Waals surface area contributed by atoms with E-state index in [2.05, 4.69) is 15.2 Å². The highest BCUT2D eigenvalue weighted by atomic mass is 16.1. The Hall–Kier alpha value is -2.57. The summed E-state index contributed by atoms with van der Waals surface area (Å²) in [6, 6.07) is 7.21. The third-order valence-corrected chi connectivity index (χ3v) is 4.18. The zero-order chi connectivity index (χ0) is 17.5. The lowest BCUT2D eigenvalue weighted by Crippen LogP contribution is -2.46. The molecule has 0 radical (unpaired) electrons. The summed E-state index contributed by atoms with van der Waals surface area (Å²) in [5.74, 6) is 0.362. The average Bonchev–Trinajstić information content (AvgIpc) is 2.55. The molecule has 0 spiro atoms. The van der Waals surface area contributed by atoms with Crippen molar-refractivity contribution in [3.8, 4) is 0 Å². The number of hydrogen-bond donors (Lipinski definition) is 3. The monoisotopic (exact) mass is 331 g/mol. The van der Waals surface area contributed by atoms with Crippen LogP contribution in [-0.2, 0) is 11.3 Å². The molecule has 0 bridgehead atoms. The molecule has 1 fully saturated rings. The molecule has 1 heterocycles. The van der Waals surface area contributed by atoms with Gasteiger partial charge < -0.3 is 21.7 Å². The van der Waals surface area contributed by atoms with Crippen LogP contribution in [0.4, 0.5) is 0 Å². The molecular formula is C17H25N5O2. The van der Waals surface area contributed by atoms with Crippen molar-refractivity contribution in [2.45, 2.75) is 25.8 Å². The molecule has 0 aliphatic carbocycles. The van der Waals surface area contributed by atoms with Crippen LogP contribution < -0.4 is 16.8 Å². The molecule has 1 aliphatic heterocycles. The van der Waals surface area contributed by atoms with Crippen LogP contribution in [0.5, 0.6) is 0 Å². The van der Waals surface area contributed by atoms with E-state index in [0.717, 1.165) is 37.5 Å². The Balaban J connectivity index is 1.96. The number of piperidine rings is 1. The van der Waals surface area contributed by atoms with Gasteiger partial charge in [-0.3, -0.25) is 14.6 Å². The smallest absolute Gasteiger partial charge is 0.248 e. The summed E-state index contributed by atoms with van der Waals surface area (Å²) in [5.41, 5.74) is 12.1. The molecule has 2 rings (SSSR count). The number of benzene rings is 1. The number of amides is 2. The number of rotatable bonds is 5. The van der Waals surface area contributed by atoms with E-state index in [-0.39, 0.29) is 11.8 Å². The second-order valence-electron chi connectivity index (χ2n) is 6.09. The van der Waals surface area contributed by atoms with Gasteiger partial charge in [-0.15, -0.1) is 0 Å². The number of hydrogen-bond acceptors (Lipinski definition) is 3. The number of aliphatic imine (C=N–C) groups is 1. The largest absolute Gasteiger partial charge is 0.370 e. The van der Waals surface area contributed by atoms with Gasteiger partial charge in [-0.25, -0.2) is 0 Å². The first-order valence-electron chi connectivity index (χ1n) is 8.12. The predicted octanol–water partition coefficient (Wildman–Crippen LogP) is 0.448. The Kier molecular flexibility index (Phi) is 6.17. The van der Waals surface area contributed by atoms with Gasteiger partial charge in [-0.2, -0.15) is 0 Å². The van der Waals surface area contributed by atoms with E-state index < -0.39 is 5.91 Å². The number of nitrogens with two attached hydrogens (primary N) is 2. The number of nitrogens with one attached hydrogen (secondary N) is 1. The van der Waals surface area contributed by atoms with E-state index >= 15 is 0 Å². The van der Waals surface area contributed by atoms with Crippen LogP contribution in [0.3, 0.4) is 0 Å². The van der Waals surface area contributed by atoms with E-state index in [9.17, 15) is 9.59 Å². The van der Waals surface area contributed by atoms with Crippen LogP contribution in [0, 0.1) is 5.92 Å². The van der Waals surface area contributed by atoms with Crippen LogP contribution in [0.1, 0.15) is 35.2 Å². The lowest BCUT2D eigenvalue weighted by molar-refractivity contribution is -0.119. The molecule has 0 aromatic heterocycles. The van der Waals surface area contributed by atoms with Crippen LogP contribution in [0.2, 0.25) is 0 Å². The van der Waals surface area contributed by atoms with E-state index in [1.54, 1.807) is 19.2 Å². The summed E-state index contributed by atoms with van der Waals surface area (Å²) < 4.78 is 0. The normalized spacial score (nSPS) is 18.3. The van der Waals surface area contributed by atoms with Crippen LogP contribution >= 0.6 is 0 Å². The van der Waals surface area contributed by atoms with Crippen LogP contribution in [-0.4, -0.2) is 42.8 Å². The van der Waals surface area contributed by atoms with Crippen molar-refractivity contribution in [3.05, 3.63) is 35.4 Å². The van der Waals surface area contributed by atoms with Crippen molar-refractivity contribution < 1.29 is 9.59 Å². The Bertz CT molecular complexity index is 629. The minimum absolute atomic E-state index is 0.256. The highest BCUT2D eigenvalue weighted by Crippen LogP contribution is 2.19. The molecule has 7 heteroatoms. The van der Waals surface area contributed by atoms with Gasteiger partial charge in [0.15, 0.2) is 5.96 Å². The number of guanidine groups is 1. The second kappa shape index (κ2) is 8.33. The average molecular weight is 331 g/mol. The van der Waals surface area contributed by atoms with Gasteiger partial charge in [0.25, 0.3) is 0 Å². The van der Waals surface area contributed by atoms with Crippen molar-refractivity contribution in [3.63, 3.8) is 0 Å². The van der Waals surface area contributed by atoms with Gasteiger partial charge in [-0.1, -0.05) is 12.1 Å². The molecule has 2 amide bonds. The van der Waals surface area contributed by atoms with E-state index in [1.807, 2.05) is 12.1 Å². The first-order valence-corrected chi connectivity index (χ1v) is 8.12. The minimum Gasteiger partial charge on any atom is -0.370 e. The number of carbonyl (C=O) groups is 2. The van der Waals surface area contributed by atoms with Crippen molar-refractivity contribution in [1.82, 2.24) is 10.2 Å². The molecule has 24 heavy (non-hydrogen) atoms. The molecule has 7 nitrogen and oxygen atoms in total. The Labute approximate surface area is 142 Å². The Morgan fingerprint density at radius 1 is 1.38 bits per heavy atom. The number of primary amides is 2. The quantitative estimate of drug-likeness (QED) is 0.537. The number of carbonyl (C=O) groups excluding carboxylic acids is 2. The third kappa shape index (κ3) is 4.97. The SMILES string of the molecule is CN=C(NCc1cccc(C(N)=O)c1)N1CCCC(CC(N)=O)C1. The van der Waals surface area contributed by atoms with Gasteiger partial charge in [0.05, 0.1) is 0 Å². The topological polar surface area (TPSA) is 114 Å². The summed E-state index contributed by atoms with van der Waals surface area (Å²) in [6.45, 7) is 2.21. The molecule has 1 aliphatic rings. The fourth-order valence-electron chi connectivity index (χ4n) is 3.06. The minimum atomic E-state index is -0.438. The molecular weight excluding hydrogens is 306 g/mol. The summed E-state index contributed by atoms with van der Waals surface area (Å²) in [5, 5.41) is 3.30. The molecule has 1 aromatic carbocycles. The van der Waals surface area contributed by atoms with Crippen molar-refractivity contribution >= 4 is 17.8 Å². The van der Waals surface area contributed by atoms with Crippen molar-refractivity contribution in [1.29, 1.82) is 0 Å². The summed E-state index contributed by atoms with van der Waals surface area (Å²) >= 11 is 0. The standard InChI is InChI=1S/C17H25N5O2/c1-20-17(22-7-3-5-13(11-22)9-15(18)23)21-10-12-4-2-6-14(8-12)16(19)24/h2,4,6,8,13H,3,5,7,9-11H2,1H3,(H2,18,23)(H2,19,24)(H,20,21). The fraction of sp³-hybridized carbons (Fsp3) is 0.471. The molecule has 1 saturated heterocycles. The van der Waals surface area contributed by atoms with E-state index in [0.29, 0.717) is 18.5 Å². The summed E-state index contributed by atoms with van der Waals surface area (Å²) in [7, 11) is 1.74. The van der Waals surface area contributed by atoms with Gasteiger partial charge in [0.2, 0.25) is 11.8 Å². The third-order valence-electron chi connectivity index (χ3n) is 4.18. The highest BCUT2D eigenvalue weighted by Gasteiger charge is 2.23. The maximum Gasteiger partial charge on any atom is 0.248 e. The molecule has 130 valence electrons. The van der Waals surface area contributed by atoms with Crippen LogP contribution in [0.15, 0.2) is 29.3 Å². The molecule has 1 atom stereocenters. The van der Waals surface area contributed by atoms with Crippen molar-refractivity contribution in [2.24, 2.45) is 22.4 Å². The molecule has 0 saturated carbocycles. The zero-order valence-corrected chi connectivity index (χ0v) is 14.0. The summed E-state index contributed by atoms with van der Waals surface area (Å²) in [6.07, 6.45) is 2.43. The van der Waals surface area contributed by atoms with E-state index in [1.165, 1.54) is 0 Å². The van der Waals surface area contributed by atoms with Gasteiger partial charge in [0, 0.05) is 38.7 Å². The zero-order valence-electron chi connectivity index (χ0n) is 14.0. The van der Waals surface area contributed by atoms with Gasteiger partial charge in [-0.05, 0) is 36.5 Å². The number of likely N-dealkylation sites (tertiary alicyclic amines) is 1. The first-order chi connectivity index (χ1) is 11.5. The van der Waals surface area contributed by atoms with Crippen molar-refractivity contribution in [2.75, 3.05) is 20.1 Å². The maximum absolute atomic E-state index is 11.3. The maximum atomic E-state index is 11.3. The van der Waals surface area contributed by atoms with Gasteiger partial charge in [0.1, 0.15) is 0 Å². The molecule has 1 aromatic rings. The Morgan fingerprint density at radius 2 is 2.17 bits per heavy atom. The lowest BCUT2D eigenvalue weighted by Gasteiger charge is -2.34. The number of nitrogens with zero attached hydrogens (tertiary/aromatic N) is 2. The summed E-state index contributed by atoms with van der Waals surface area (Å²) in [4.78, 5) is 28.9. The first kappa shape index (κ1) is 17.8. The highest BCUT2D eigenvalue weighted by molar-refractivity contribution is 5.92.